The first-order valence-corrected chi connectivity index (χ1v) is 10.4. The molecule has 5 nitrogen and oxygen atoms in total. The normalized spacial score (nSPS) is 26.7. The fourth-order valence-electron chi connectivity index (χ4n) is 4.32. The molecule has 0 bridgehead atoms. The van der Waals surface area contributed by atoms with Gasteiger partial charge in [0.05, 0.1) is 16.8 Å². The predicted octanol–water partition coefficient (Wildman–Crippen LogP) is 4.99. The highest BCUT2D eigenvalue weighted by Crippen LogP contribution is 2.51. The van der Waals surface area contributed by atoms with Crippen LogP contribution >= 0.6 is 11.6 Å². The smallest absolute Gasteiger partial charge is 0.304 e. The topological polar surface area (TPSA) is 72.5 Å². The molecule has 9 heteroatoms. The highest BCUT2D eigenvalue weighted by molar-refractivity contribution is 6.30. The second-order valence-corrected chi connectivity index (χ2v) is 9.11. The van der Waals surface area contributed by atoms with Gasteiger partial charge in [-0.3, -0.25) is 9.98 Å². The van der Waals surface area contributed by atoms with Gasteiger partial charge in [0.2, 0.25) is 0 Å². The van der Waals surface area contributed by atoms with Gasteiger partial charge in [0, 0.05) is 17.4 Å². The van der Waals surface area contributed by atoms with E-state index in [1.807, 2.05) is 6.07 Å². The summed E-state index contributed by atoms with van der Waals surface area (Å²) in [6, 6.07) is 5.78. The van der Waals surface area contributed by atoms with Gasteiger partial charge in [-0.25, -0.2) is 13.2 Å². The Bertz CT molecular complexity index is 1060. The molecule has 0 fully saturated rings. The fraction of sp³-hybridized carbons (Fsp3) is 0.455. The Morgan fingerprint density at radius 2 is 1.97 bits per heavy atom. The quantitative estimate of drug-likeness (QED) is 0.688. The minimum Gasteiger partial charge on any atom is -0.385 e. The molecule has 1 aromatic carbocycles. The van der Waals surface area contributed by atoms with Crippen molar-refractivity contribution in [1.29, 1.82) is 0 Å². The fourth-order valence-corrected chi connectivity index (χ4v) is 4.50. The number of hydrogen-bond acceptors (Lipinski definition) is 5. The van der Waals surface area contributed by atoms with E-state index in [9.17, 15) is 4.39 Å². The Morgan fingerprint density at radius 1 is 1.23 bits per heavy atom. The van der Waals surface area contributed by atoms with Crippen LogP contribution in [-0.2, 0) is 16.7 Å². The van der Waals surface area contributed by atoms with Crippen molar-refractivity contribution in [2.24, 2.45) is 10.7 Å². The van der Waals surface area contributed by atoms with Crippen molar-refractivity contribution in [1.82, 2.24) is 4.98 Å². The van der Waals surface area contributed by atoms with Crippen LogP contribution in [-0.4, -0.2) is 29.0 Å². The number of aryl methyl sites for hydroxylation is 1. The van der Waals surface area contributed by atoms with E-state index >= 15 is 8.78 Å². The summed E-state index contributed by atoms with van der Waals surface area (Å²) in [5.41, 5.74) is 3.76. The number of nitrogens with zero attached hydrogens (tertiary/aromatic N) is 2. The highest BCUT2D eigenvalue weighted by atomic mass is 35.5. The second kappa shape index (κ2) is 7.38. The summed E-state index contributed by atoms with van der Waals surface area (Å²) >= 11 is 6.02. The Balaban J connectivity index is 1.74. The third-order valence-corrected chi connectivity index (χ3v) is 6.35. The first kappa shape index (κ1) is 21.9. The van der Waals surface area contributed by atoms with E-state index in [2.05, 4.69) is 15.3 Å². The van der Waals surface area contributed by atoms with Gasteiger partial charge in [-0.05, 0) is 63.4 Å². The number of nitrogens with two attached hydrogens (primary N) is 1. The van der Waals surface area contributed by atoms with Crippen LogP contribution in [0.3, 0.4) is 0 Å². The summed E-state index contributed by atoms with van der Waals surface area (Å²) in [6.07, 6.45) is 3.12. The lowest BCUT2D eigenvalue weighted by Gasteiger charge is -2.42. The predicted molar refractivity (Wildman–Crippen MR) is 114 cm³/mol. The maximum atomic E-state index is 15.6. The largest absolute Gasteiger partial charge is 0.385 e. The van der Waals surface area contributed by atoms with E-state index in [0.29, 0.717) is 10.7 Å². The summed E-state index contributed by atoms with van der Waals surface area (Å²) < 4.78 is 51.4. The second-order valence-electron chi connectivity index (χ2n) is 8.68. The van der Waals surface area contributed by atoms with Gasteiger partial charge in [-0.1, -0.05) is 11.6 Å². The van der Waals surface area contributed by atoms with E-state index in [-0.39, 0.29) is 24.0 Å². The number of ether oxygens (including phenoxy) is 1. The number of pyridine rings is 1. The van der Waals surface area contributed by atoms with Crippen LogP contribution in [0.25, 0.3) is 0 Å². The molecule has 0 saturated carbocycles. The van der Waals surface area contributed by atoms with Crippen molar-refractivity contribution in [2.45, 2.75) is 56.7 Å². The summed E-state index contributed by atoms with van der Waals surface area (Å²) in [6.45, 7) is 3.44. The number of nitrogens with one attached hydrogen (secondary N) is 1. The van der Waals surface area contributed by atoms with Gasteiger partial charge >= 0.3 is 5.92 Å². The molecule has 0 spiro atoms. The van der Waals surface area contributed by atoms with Gasteiger partial charge < -0.3 is 15.8 Å². The minimum atomic E-state index is -3.54. The highest BCUT2D eigenvalue weighted by Gasteiger charge is 2.64. The van der Waals surface area contributed by atoms with Crippen LogP contribution in [0.15, 0.2) is 35.5 Å². The van der Waals surface area contributed by atoms with Crippen LogP contribution < -0.4 is 11.1 Å². The summed E-state index contributed by atoms with van der Waals surface area (Å²) in [4.78, 5) is 8.43. The molecule has 2 aliphatic rings. The summed E-state index contributed by atoms with van der Waals surface area (Å²) in [5, 5.41) is 3.85. The molecule has 0 amide bonds. The van der Waals surface area contributed by atoms with Crippen molar-refractivity contribution in [3.8, 4) is 0 Å². The van der Waals surface area contributed by atoms with Gasteiger partial charge in [0.1, 0.15) is 23.9 Å². The number of amidine groups is 1. The molecule has 2 atom stereocenters. The van der Waals surface area contributed by atoms with Crippen LogP contribution in [0.5, 0.6) is 0 Å². The third-order valence-electron chi connectivity index (χ3n) is 6.15. The van der Waals surface area contributed by atoms with Gasteiger partial charge in [-0.2, -0.15) is 0 Å². The summed E-state index contributed by atoms with van der Waals surface area (Å²) in [7, 11) is 0. The van der Waals surface area contributed by atoms with Crippen molar-refractivity contribution in [3.05, 3.63) is 58.1 Å². The minimum absolute atomic E-state index is 0.115. The molecule has 2 aromatic rings. The van der Waals surface area contributed by atoms with Crippen LogP contribution in [0, 0.1) is 5.82 Å². The maximum Gasteiger partial charge on any atom is 0.304 e. The average Bonchev–Trinajstić information content (AvgIpc) is 3.06. The van der Waals surface area contributed by atoms with E-state index in [0.717, 1.165) is 30.2 Å². The Labute approximate surface area is 183 Å². The summed E-state index contributed by atoms with van der Waals surface area (Å²) in [5.74, 6) is -4.45. The number of hydrogen-bond donors (Lipinski definition) is 2. The molecular weight excluding hydrogens is 429 g/mol. The number of halogens is 4. The van der Waals surface area contributed by atoms with Crippen LogP contribution in [0.1, 0.15) is 50.1 Å². The van der Waals surface area contributed by atoms with Crippen molar-refractivity contribution in [3.63, 3.8) is 0 Å². The molecule has 4 rings (SSSR count). The third kappa shape index (κ3) is 3.55. The van der Waals surface area contributed by atoms with Crippen molar-refractivity contribution >= 4 is 23.1 Å². The first-order valence-electron chi connectivity index (χ1n) is 10.0. The molecule has 0 saturated heterocycles. The van der Waals surface area contributed by atoms with E-state index in [1.54, 1.807) is 6.20 Å². The SMILES string of the molecule is CC1(C)OCC(N)=NC(C)(c2cc(NC3CCc4cc(Cl)cnc43)ccc2F)C1(F)F. The molecule has 166 valence electrons. The number of fused-ring (bicyclic) bond motifs is 1. The van der Waals surface area contributed by atoms with Gasteiger partial charge in [0.25, 0.3) is 0 Å². The first-order chi connectivity index (χ1) is 14.4. The van der Waals surface area contributed by atoms with E-state index in [4.69, 9.17) is 22.1 Å². The molecule has 1 aliphatic carbocycles. The molecule has 2 unspecified atom stereocenters. The Morgan fingerprint density at radius 3 is 2.71 bits per heavy atom. The molecular formula is C22H24ClF3N4O. The van der Waals surface area contributed by atoms with Crippen molar-refractivity contribution < 1.29 is 17.9 Å². The molecule has 31 heavy (non-hydrogen) atoms. The lowest BCUT2D eigenvalue weighted by molar-refractivity contribution is -0.214. The zero-order chi connectivity index (χ0) is 22.6. The Kier molecular flexibility index (Phi) is 5.21. The van der Waals surface area contributed by atoms with E-state index in [1.165, 1.54) is 32.9 Å². The van der Waals surface area contributed by atoms with Crippen LogP contribution in [0.4, 0.5) is 18.9 Å². The van der Waals surface area contributed by atoms with Gasteiger partial charge in [0.15, 0.2) is 5.54 Å². The van der Waals surface area contributed by atoms with Crippen molar-refractivity contribution in [2.75, 3.05) is 11.9 Å². The molecule has 3 N–H and O–H groups in total. The number of rotatable bonds is 3. The Hall–Kier alpha value is -2.32. The monoisotopic (exact) mass is 452 g/mol. The zero-order valence-electron chi connectivity index (χ0n) is 17.5. The average molecular weight is 453 g/mol. The number of aliphatic imine (C=N–C) groups is 1. The standard InChI is InChI=1S/C22H24ClF3N4O/c1-20(2)22(25,26)21(3,30-18(27)11-31-20)15-9-14(5-6-16(15)24)29-17-7-4-12-8-13(23)10-28-19(12)17/h5-6,8-10,17,29H,4,7,11H2,1-3H3,(H2,27,30). The molecule has 1 aliphatic heterocycles. The van der Waals surface area contributed by atoms with Crippen LogP contribution in [0.2, 0.25) is 5.02 Å². The maximum absolute atomic E-state index is 15.6. The number of anilines is 1. The van der Waals surface area contributed by atoms with Gasteiger partial charge in [-0.15, -0.1) is 0 Å². The molecule has 1 aromatic heterocycles. The molecule has 2 heterocycles. The number of benzene rings is 1. The number of aromatic nitrogens is 1. The molecule has 0 radical (unpaired) electrons. The zero-order valence-corrected chi connectivity index (χ0v) is 18.2. The lowest BCUT2D eigenvalue weighted by Crippen LogP contribution is -2.56. The lowest BCUT2D eigenvalue weighted by atomic mass is 9.78. The number of alkyl halides is 2. The van der Waals surface area contributed by atoms with E-state index < -0.39 is 22.9 Å².